The zero-order valence-electron chi connectivity index (χ0n) is 9.52. The van der Waals surface area contributed by atoms with E-state index in [0.29, 0.717) is 12.2 Å². The van der Waals surface area contributed by atoms with Gasteiger partial charge in [0.15, 0.2) is 9.34 Å². The molecule has 0 radical (unpaired) electrons. The number of nitrogens with two attached hydrogens (primary N) is 1. The van der Waals surface area contributed by atoms with Gasteiger partial charge in [-0.15, -0.1) is 0 Å². The molecule has 0 atom stereocenters. The highest BCUT2D eigenvalue weighted by molar-refractivity contribution is 7.91. The molecule has 0 aliphatic carbocycles. The Kier molecular flexibility index (Phi) is 3.72. The highest BCUT2D eigenvalue weighted by atomic mass is 32.2. The summed E-state index contributed by atoms with van der Waals surface area (Å²) in [4.78, 5) is 3.91. The van der Waals surface area contributed by atoms with Crippen molar-refractivity contribution in [1.82, 2.24) is 9.29 Å². The van der Waals surface area contributed by atoms with Crippen LogP contribution in [0.25, 0.3) is 0 Å². The molecule has 1 aromatic rings. The molecule has 0 spiro atoms. The average molecular weight is 261 g/mol. The summed E-state index contributed by atoms with van der Waals surface area (Å²) in [6, 6.07) is 0. The number of hydrogen-bond acceptors (Lipinski definition) is 5. The first kappa shape index (κ1) is 13.1. The summed E-state index contributed by atoms with van der Waals surface area (Å²) in [6.07, 6.45) is 0. The predicted octanol–water partition coefficient (Wildman–Crippen LogP) is 1.23. The van der Waals surface area contributed by atoms with Crippen LogP contribution in [0.3, 0.4) is 0 Å². The van der Waals surface area contributed by atoms with Crippen molar-refractivity contribution in [2.75, 3.05) is 19.3 Å². The minimum absolute atomic E-state index is 0.203. The summed E-state index contributed by atoms with van der Waals surface area (Å²) < 4.78 is 25.7. The lowest BCUT2D eigenvalue weighted by Crippen LogP contribution is -2.28. The fraction of sp³-hybridized carbons (Fsp3) is 0.444. The van der Waals surface area contributed by atoms with E-state index >= 15 is 0 Å². The predicted molar refractivity (Wildman–Crippen MR) is 65.9 cm³/mol. The Morgan fingerprint density at radius 2 is 2.19 bits per heavy atom. The van der Waals surface area contributed by atoms with Gasteiger partial charge in [-0.05, 0) is 13.8 Å². The zero-order valence-corrected chi connectivity index (χ0v) is 11.2. The summed E-state index contributed by atoms with van der Waals surface area (Å²) in [5, 5.41) is 0.264. The Morgan fingerprint density at radius 1 is 1.62 bits per heavy atom. The van der Waals surface area contributed by atoms with Gasteiger partial charge in [0.2, 0.25) is 0 Å². The lowest BCUT2D eigenvalue weighted by molar-refractivity contribution is 0.494. The van der Waals surface area contributed by atoms with E-state index in [-0.39, 0.29) is 9.34 Å². The first-order valence-electron chi connectivity index (χ1n) is 4.58. The highest BCUT2D eigenvalue weighted by Crippen LogP contribution is 2.27. The smallest absolute Gasteiger partial charge is 0.254 e. The molecule has 2 N–H and O–H groups in total. The van der Waals surface area contributed by atoms with Gasteiger partial charge in [-0.2, -0.15) is 4.31 Å². The van der Waals surface area contributed by atoms with Crippen LogP contribution in [0.2, 0.25) is 0 Å². The number of thiazole rings is 1. The third-order valence-corrected chi connectivity index (χ3v) is 5.28. The number of likely N-dealkylation sites (N-methyl/N-ethyl adjacent to an activating group) is 1. The maximum absolute atomic E-state index is 12.1. The van der Waals surface area contributed by atoms with Crippen LogP contribution in [0.5, 0.6) is 0 Å². The van der Waals surface area contributed by atoms with Gasteiger partial charge >= 0.3 is 0 Å². The average Bonchev–Trinajstić information content (AvgIpc) is 2.44. The summed E-state index contributed by atoms with van der Waals surface area (Å²) in [6.45, 7) is 7.39. The van der Waals surface area contributed by atoms with Crippen molar-refractivity contribution in [3.63, 3.8) is 0 Å². The molecule has 0 bridgehead atoms. The van der Waals surface area contributed by atoms with Crippen molar-refractivity contribution in [2.45, 2.75) is 18.1 Å². The van der Waals surface area contributed by atoms with Crippen LogP contribution in [0.1, 0.15) is 12.6 Å². The third kappa shape index (κ3) is 2.60. The van der Waals surface area contributed by atoms with Crippen LogP contribution in [-0.4, -0.2) is 31.3 Å². The highest BCUT2D eigenvalue weighted by Gasteiger charge is 2.25. The fourth-order valence-corrected chi connectivity index (χ4v) is 3.97. The second-order valence-electron chi connectivity index (χ2n) is 3.64. The number of sulfonamides is 1. The van der Waals surface area contributed by atoms with Crippen molar-refractivity contribution in [3.8, 4) is 0 Å². The Bertz CT molecular complexity index is 505. The van der Waals surface area contributed by atoms with Gasteiger partial charge in [-0.3, -0.25) is 0 Å². The standard InChI is InChI=1S/C9H15N3O2S2/c1-6(2)5-12(4)16(13,14)8-7(3)11-9(10)15-8/h1,5H2,2-4H3,(H2,10,11). The van der Waals surface area contributed by atoms with Crippen LogP contribution in [0.15, 0.2) is 16.4 Å². The van der Waals surface area contributed by atoms with E-state index in [0.717, 1.165) is 16.9 Å². The summed E-state index contributed by atoms with van der Waals surface area (Å²) in [5.74, 6) is 0. The normalized spacial score (nSPS) is 12.0. The number of anilines is 1. The molecule has 90 valence electrons. The summed E-state index contributed by atoms with van der Waals surface area (Å²) >= 11 is 0.984. The van der Waals surface area contributed by atoms with Crippen molar-refractivity contribution in [3.05, 3.63) is 17.8 Å². The number of aryl methyl sites for hydroxylation is 1. The molecular formula is C9H15N3O2S2. The molecular weight excluding hydrogens is 246 g/mol. The molecule has 0 saturated heterocycles. The maximum atomic E-state index is 12.1. The lowest BCUT2D eigenvalue weighted by Gasteiger charge is -2.15. The van der Waals surface area contributed by atoms with Gasteiger partial charge in [0, 0.05) is 13.6 Å². The molecule has 0 unspecified atom stereocenters. The second-order valence-corrected chi connectivity index (χ2v) is 6.91. The monoisotopic (exact) mass is 261 g/mol. The Hall–Kier alpha value is -0.920. The fourth-order valence-electron chi connectivity index (χ4n) is 1.25. The van der Waals surface area contributed by atoms with Gasteiger partial charge < -0.3 is 5.73 Å². The van der Waals surface area contributed by atoms with E-state index < -0.39 is 10.0 Å². The van der Waals surface area contributed by atoms with Crippen molar-refractivity contribution in [1.29, 1.82) is 0 Å². The second kappa shape index (κ2) is 4.52. The Morgan fingerprint density at radius 3 is 2.56 bits per heavy atom. The van der Waals surface area contributed by atoms with Gasteiger partial charge in [0.05, 0.1) is 5.69 Å². The van der Waals surface area contributed by atoms with Crippen LogP contribution in [0.4, 0.5) is 5.13 Å². The Balaban J connectivity index is 3.11. The molecule has 0 amide bonds. The van der Waals surface area contributed by atoms with Crippen molar-refractivity contribution < 1.29 is 8.42 Å². The first-order valence-corrected chi connectivity index (χ1v) is 6.84. The van der Waals surface area contributed by atoms with E-state index in [1.165, 1.54) is 11.4 Å². The summed E-state index contributed by atoms with van der Waals surface area (Å²) in [5.41, 5.74) is 6.70. The third-order valence-electron chi connectivity index (χ3n) is 1.91. The minimum Gasteiger partial charge on any atom is -0.375 e. The zero-order chi connectivity index (χ0) is 12.5. The van der Waals surface area contributed by atoms with Crippen molar-refractivity contribution in [2.24, 2.45) is 0 Å². The molecule has 0 aromatic carbocycles. The van der Waals surface area contributed by atoms with E-state index in [4.69, 9.17) is 5.73 Å². The van der Waals surface area contributed by atoms with E-state index in [9.17, 15) is 8.42 Å². The maximum Gasteiger partial charge on any atom is 0.254 e. The molecule has 5 nitrogen and oxygen atoms in total. The molecule has 0 saturated carbocycles. The van der Waals surface area contributed by atoms with E-state index in [2.05, 4.69) is 11.6 Å². The summed E-state index contributed by atoms with van der Waals surface area (Å²) in [7, 11) is -1.98. The van der Waals surface area contributed by atoms with Crippen LogP contribution in [0, 0.1) is 6.92 Å². The number of hydrogen-bond donors (Lipinski definition) is 1. The van der Waals surface area contributed by atoms with Crippen molar-refractivity contribution >= 4 is 26.5 Å². The van der Waals surface area contributed by atoms with Gasteiger partial charge in [0.1, 0.15) is 0 Å². The molecule has 16 heavy (non-hydrogen) atoms. The quantitative estimate of drug-likeness (QED) is 0.827. The molecule has 0 aliphatic heterocycles. The van der Waals surface area contributed by atoms with Crippen LogP contribution < -0.4 is 5.73 Å². The van der Waals surface area contributed by atoms with Crippen LogP contribution in [-0.2, 0) is 10.0 Å². The molecule has 1 rings (SSSR count). The van der Waals surface area contributed by atoms with Gasteiger partial charge in [-0.1, -0.05) is 23.5 Å². The van der Waals surface area contributed by atoms with E-state index in [1.807, 2.05) is 0 Å². The first-order chi connectivity index (χ1) is 7.25. The largest absolute Gasteiger partial charge is 0.375 e. The number of nitrogen functional groups attached to an aromatic ring is 1. The van der Waals surface area contributed by atoms with Gasteiger partial charge in [0.25, 0.3) is 10.0 Å². The van der Waals surface area contributed by atoms with E-state index in [1.54, 1.807) is 13.8 Å². The van der Waals surface area contributed by atoms with Gasteiger partial charge in [-0.25, -0.2) is 13.4 Å². The SMILES string of the molecule is C=C(C)CN(C)S(=O)(=O)c1sc(N)nc1C. The number of rotatable bonds is 4. The molecule has 0 fully saturated rings. The molecule has 7 heteroatoms. The molecule has 1 heterocycles. The minimum atomic E-state index is -3.50. The Labute approximate surface area is 99.7 Å². The lowest BCUT2D eigenvalue weighted by atomic mass is 10.4. The number of aromatic nitrogens is 1. The number of nitrogens with zero attached hydrogens (tertiary/aromatic N) is 2. The molecule has 0 aliphatic rings. The van der Waals surface area contributed by atoms with Crippen LogP contribution >= 0.6 is 11.3 Å². The topological polar surface area (TPSA) is 76.3 Å². The molecule has 1 aromatic heterocycles.